The van der Waals surface area contributed by atoms with Crippen molar-refractivity contribution in [1.82, 2.24) is 20.5 Å². The van der Waals surface area contributed by atoms with Crippen molar-refractivity contribution in [3.63, 3.8) is 0 Å². The van der Waals surface area contributed by atoms with Crippen LogP contribution in [0.1, 0.15) is 28.9 Å². The van der Waals surface area contributed by atoms with E-state index in [1.54, 1.807) is 11.3 Å². The molecule has 7 nitrogen and oxygen atoms in total. The Morgan fingerprint density at radius 2 is 2.04 bits per heavy atom. The summed E-state index contributed by atoms with van der Waals surface area (Å²) in [6.45, 7) is 8.36. The van der Waals surface area contributed by atoms with E-state index in [4.69, 9.17) is 4.74 Å². The van der Waals surface area contributed by atoms with E-state index in [0.717, 1.165) is 22.0 Å². The minimum absolute atomic E-state index is 0.0186. The fourth-order valence-corrected chi connectivity index (χ4v) is 4.57. The summed E-state index contributed by atoms with van der Waals surface area (Å²) >= 11 is 1.64. The van der Waals surface area contributed by atoms with Crippen LogP contribution in [0.5, 0.6) is 0 Å². The Kier molecular flexibility index (Phi) is 6.61. The summed E-state index contributed by atoms with van der Waals surface area (Å²) in [5, 5.41) is 7.33. The summed E-state index contributed by atoms with van der Waals surface area (Å²) in [5.41, 5.74) is 1.06. The molecule has 2 saturated heterocycles. The van der Waals surface area contributed by atoms with Crippen molar-refractivity contribution < 1.29 is 14.3 Å². The highest BCUT2D eigenvalue weighted by atomic mass is 32.1. The average Bonchev–Trinajstić information content (AvgIpc) is 3.06. The average molecular weight is 381 g/mol. The first-order chi connectivity index (χ1) is 12.6. The van der Waals surface area contributed by atoms with Crippen LogP contribution >= 0.6 is 11.3 Å². The molecule has 0 aliphatic carbocycles. The van der Waals surface area contributed by atoms with Crippen molar-refractivity contribution in [3.8, 4) is 0 Å². The number of rotatable bonds is 5. The minimum atomic E-state index is -0.169. The molecule has 26 heavy (non-hydrogen) atoms. The molecule has 3 heterocycles. The van der Waals surface area contributed by atoms with Crippen molar-refractivity contribution in [2.75, 3.05) is 39.4 Å². The van der Waals surface area contributed by atoms with Gasteiger partial charge in [0.1, 0.15) is 0 Å². The van der Waals surface area contributed by atoms with Gasteiger partial charge in [0.2, 0.25) is 11.8 Å². The second-order valence-electron chi connectivity index (χ2n) is 6.90. The van der Waals surface area contributed by atoms with Crippen molar-refractivity contribution >= 4 is 23.2 Å². The molecular formula is C18H28N4O3S. The largest absolute Gasteiger partial charge is 0.378 e. The number of amides is 2. The van der Waals surface area contributed by atoms with Gasteiger partial charge in [-0.2, -0.15) is 0 Å². The standard InChI is InChI=1S/C18H28N4O3S/c1-3-15-16(26-12(2)21-15)11-20-17(23)13-8-14(10-19-9-13)18(24)22-4-6-25-7-5-22/h13-14,19H,3-11H2,1-2H3,(H,20,23). The molecule has 0 bridgehead atoms. The molecule has 0 saturated carbocycles. The molecule has 0 aromatic carbocycles. The van der Waals surface area contributed by atoms with E-state index < -0.39 is 0 Å². The highest BCUT2D eigenvalue weighted by molar-refractivity contribution is 7.11. The van der Waals surface area contributed by atoms with Crippen LogP contribution in [0.15, 0.2) is 0 Å². The lowest BCUT2D eigenvalue weighted by Gasteiger charge is -2.34. The molecule has 2 unspecified atom stereocenters. The van der Waals surface area contributed by atoms with E-state index in [1.165, 1.54) is 0 Å². The number of aromatic nitrogens is 1. The SMILES string of the molecule is CCc1nc(C)sc1CNC(=O)C1CNCC(C(=O)N2CCOCC2)C1. The van der Waals surface area contributed by atoms with Gasteiger partial charge in [-0.05, 0) is 19.8 Å². The third-order valence-corrected chi connectivity index (χ3v) is 6.05. The van der Waals surface area contributed by atoms with Gasteiger partial charge < -0.3 is 20.3 Å². The number of nitrogens with zero attached hydrogens (tertiary/aromatic N) is 2. The molecule has 0 radical (unpaired) electrons. The van der Waals surface area contributed by atoms with Crippen LogP contribution in [0, 0.1) is 18.8 Å². The van der Waals surface area contributed by atoms with Crippen molar-refractivity contribution in [2.24, 2.45) is 11.8 Å². The van der Waals surface area contributed by atoms with Gasteiger partial charge >= 0.3 is 0 Å². The zero-order valence-electron chi connectivity index (χ0n) is 15.5. The van der Waals surface area contributed by atoms with Crippen LogP contribution in [-0.2, 0) is 27.3 Å². The predicted molar refractivity (Wildman–Crippen MR) is 99.9 cm³/mol. The van der Waals surface area contributed by atoms with Gasteiger partial charge in [-0.15, -0.1) is 11.3 Å². The maximum atomic E-state index is 12.7. The van der Waals surface area contributed by atoms with E-state index in [0.29, 0.717) is 52.4 Å². The van der Waals surface area contributed by atoms with Crippen molar-refractivity contribution in [2.45, 2.75) is 33.2 Å². The molecule has 1 aromatic heterocycles. The molecule has 2 amide bonds. The third-order valence-electron chi connectivity index (χ3n) is 5.04. The lowest BCUT2D eigenvalue weighted by Crippen LogP contribution is -2.51. The van der Waals surface area contributed by atoms with Crippen LogP contribution in [0.4, 0.5) is 0 Å². The van der Waals surface area contributed by atoms with E-state index in [1.807, 2.05) is 11.8 Å². The van der Waals surface area contributed by atoms with Gasteiger partial charge in [0.25, 0.3) is 0 Å². The highest BCUT2D eigenvalue weighted by Gasteiger charge is 2.33. The summed E-state index contributed by atoms with van der Waals surface area (Å²) in [4.78, 5) is 32.8. The molecule has 0 spiro atoms. The van der Waals surface area contributed by atoms with Crippen LogP contribution in [0.3, 0.4) is 0 Å². The molecule has 2 aliphatic rings. The molecule has 144 valence electrons. The zero-order chi connectivity index (χ0) is 18.5. The van der Waals surface area contributed by atoms with Crippen LogP contribution in [0.25, 0.3) is 0 Å². The first-order valence-corrected chi connectivity index (χ1v) is 10.2. The number of hydrogen-bond acceptors (Lipinski definition) is 6. The first-order valence-electron chi connectivity index (χ1n) is 9.38. The quantitative estimate of drug-likeness (QED) is 0.786. The van der Waals surface area contributed by atoms with Gasteiger partial charge in [-0.1, -0.05) is 6.92 Å². The number of piperidine rings is 1. The number of carbonyl (C=O) groups excluding carboxylic acids is 2. The van der Waals surface area contributed by atoms with E-state index in [-0.39, 0.29) is 23.7 Å². The maximum Gasteiger partial charge on any atom is 0.227 e. The molecule has 2 fully saturated rings. The Morgan fingerprint density at radius 3 is 2.77 bits per heavy atom. The van der Waals surface area contributed by atoms with Crippen molar-refractivity contribution in [1.29, 1.82) is 0 Å². The summed E-state index contributed by atoms with van der Waals surface area (Å²) in [7, 11) is 0. The Balaban J connectivity index is 1.53. The maximum absolute atomic E-state index is 12.7. The molecule has 1 aromatic rings. The minimum Gasteiger partial charge on any atom is -0.378 e. The number of thiazole rings is 1. The van der Waals surface area contributed by atoms with Crippen LogP contribution in [-0.4, -0.2) is 61.1 Å². The van der Waals surface area contributed by atoms with E-state index in [2.05, 4.69) is 22.5 Å². The van der Waals surface area contributed by atoms with Gasteiger partial charge in [0.05, 0.1) is 42.3 Å². The number of hydrogen-bond donors (Lipinski definition) is 2. The Labute approximate surface area is 158 Å². The fourth-order valence-electron chi connectivity index (χ4n) is 3.61. The lowest BCUT2D eigenvalue weighted by atomic mass is 9.88. The predicted octanol–water partition coefficient (Wildman–Crippen LogP) is 0.715. The number of aryl methyl sites for hydroxylation is 2. The number of ether oxygens (including phenoxy) is 1. The smallest absolute Gasteiger partial charge is 0.227 e. The summed E-state index contributed by atoms with van der Waals surface area (Å²) in [6.07, 6.45) is 1.48. The third kappa shape index (κ3) is 4.61. The highest BCUT2D eigenvalue weighted by Crippen LogP contribution is 2.21. The Morgan fingerprint density at radius 1 is 1.31 bits per heavy atom. The van der Waals surface area contributed by atoms with Gasteiger partial charge in [0.15, 0.2) is 0 Å². The van der Waals surface area contributed by atoms with Crippen LogP contribution < -0.4 is 10.6 Å². The first kappa shape index (κ1) is 19.3. The van der Waals surface area contributed by atoms with Gasteiger partial charge in [0, 0.05) is 31.1 Å². The summed E-state index contributed by atoms with van der Waals surface area (Å²) < 4.78 is 5.31. The molecular weight excluding hydrogens is 352 g/mol. The van der Waals surface area contributed by atoms with Crippen LogP contribution in [0.2, 0.25) is 0 Å². The topological polar surface area (TPSA) is 83.6 Å². The molecule has 2 N–H and O–H groups in total. The Hall–Kier alpha value is -1.51. The number of carbonyl (C=O) groups is 2. The lowest BCUT2D eigenvalue weighted by molar-refractivity contribution is -0.141. The summed E-state index contributed by atoms with van der Waals surface area (Å²) in [6, 6.07) is 0. The van der Waals surface area contributed by atoms with Gasteiger partial charge in [-0.3, -0.25) is 9.59 Å². The normalized spacial score (nSPS) is 23.7. The second kappa shape index (κ2) is 8.92. The second-order valence-corrected chi connectivity index (χ2v) is 8.19. The van der Waals surface area contributed by atoms with E-state index >= 15 is 0 Å². The fraction of sp³-hybridized carbons (Fsp3) is 0.722. The number of nitrogens with one attached hydrogen (secondary N) is 2. The number of morpholine rings is 1. The molecule has 2 atom stereocenters. The van der Waals surface area contributed by atoms with Crippen molar-refractivity contribution in [3.05, 3.63) is 15.6 Å². The molecule has 3 rings (SSSR count). The molecule has 2 aliphatic heterocycles. The molecule has 8 heteroatoms. The zero-order valence-corrected chi connectivity index (χ0v) is 16.4. The Bertz CT molecular complexity index is 642. The summed E-state index contributed by atoms with van der Waals surface area (Å²) in [5.74, 6) is -0.137. The van der Waals surface area contributed by atoms with Gasteiger partial charge in [-0.25, -0.2) is 4.98 Å². The monoisotopic (exact) mass is 380 g/mol. The van der Waals surface area contributed by atoms with E-state index in [9.17, 15) is 9.59 Å².